The largest absolute Gasteiger partial charge is 0.416 e. The highest BCUT2D eigenvalue weighted by Crippen LogP contribution is 2.32. The smallest absolute Gasteiger partial charge is 0.302 e. The van der Waals surface area contributed by atoms with Gasteiger partial charge in [0.25, 0.3) is 0 Å². The zero-order chi connectivity index (χ0) is 12.9. The van der Waals surface area contributed by atoms with Crippen molar-refractivity contribution in [3.8, 4) is 0 Å². The molecule has 0 saturated carbocycles. The van der Waals surface area contributed by atoms with Crippen molar-refractivity contribution in [2.75, 3.05) is 13.6 Å². The van der Waals surface area contributed by atoms with Gasteiger partial charge in [-0.2, -0.15) is 13.2 Å². The van der Waals surface area contributed by atoms with Gasteiger partial charge in [-0.15, -0.1) is 0 Å². The summed E-state index contributed by atoms with van der Waals surface area (Å²) in [6, 6.07) is 5.77. The molecule has 4 heteroatoms. The first kappa shape index (κ1) is 14.0. The molecule has 0 radical (unpaired) electrons. The molecule has 0 aliphatic heterocycles. The van der Waals surface area contributed by atoms with Crippen molar-refractivity contribution in [2.45, 2.75) is 32.5 Å². The first-order valence-electron chi connectivity index (χ1n) is 5.78. The molecule has 0 spiro atoms. The van der Waals surface area contributed by atoms with E-state index in [1.54, 1.807) is 12.1 Å². The van der Waals surface area contributed by atoms with Crippen LogP contribution in [0.15, 0.2) is 24.3 Å². The topological polar surface area (TPSA) is 3.24 Å². The van der Waals surface area contributed by atoms with Crippen LogP contribution < -0.4 is 0 Å². The molecule has 1 aromatic rings. The van der Waals surface area contributed by atoms with Gasteiger partial charge in [0.1, 0.15) is 0 Å². The van der Waals surface area contributed by atoms with Crippen LogP contribution in [0.5, 0.6) is 0 Å². The fourth-order valence-electron chi connectivity index (χ4n) is 1.73. The van der Waals surface area contributed by atoms with E-state index in [9.17, 15) is 13.2 Å². The van der Waals surface area contributed by atoms with E-state index in [-0.39, 0.29) is 0 Å². The minimum Gasteiger partial charge on any atom is -0.302 e. The van der Waals surface area contributed by atoms with E-state index in [0.717, 1.165) is 25.5 Å². The third-order valence-corrected chi connectivity index (χ3v) is 2.66. The Balaban J connectivity index is 2.77. The van der Waals surface area contributed by atoms with E-state index < -0.39 is 11.7 Å². The number of hydrogen-bond acceptors (Lipinski definition) is 1. The Bertz CT molecular complexity index is 347. The Morgan fingerprint density at radius 3 is 2.41 bits per heavy atom. The monoisotopic (exact) mass is 245 g/mol. The highest BCUT2D eigenvalue weighted by molar-refractivity contribution is 5.29. The number of hydrogen-bond donors (Lipinski definition) is 0. The van der Waals surface area contributed by atoms with Crippen molar-refractivity contribution in [1.82, 2.24) is 4.90 Å². The van der Waals surface area contributed by atoms with E-state index in [4.69, 9.17) is 0 Å². The highest BCUT2D eigenvalue weighted by Gasteiger charge is 2.32. The first-order chi connectivity index (χ1) is 7.95. The number of halogens is 3. The number of alkyl halides is 3. The lowest BCUT2D eigenvalue weighted by atomic mass is 10.1. The second-order valence-electron chi connectivity index (χ2n) is 4.25. The number of benzene rings is 1. The maximum absolute atomic E-state index is 12.7. The molecule has 0 amide bonds. The summed E-state index contributed by atoms with van der Waals surface area (Å²) in [5.74, 6) is 0. The Labute approximate surface area is 100 Å². The first-order valence-corrected chi connectivity index (χ1v) is 5.78. The van der Waals surface area contributed by atoms with Crippen LogP contribution in [0.1, 0.15) is 30.9 Å². The van der Waals surface area contributed by atoms with Crippen molar-refractivity contribution in [3.63, 3.8) is 0 Å². The average molecular weight is 245 g/mol. The summed E-state index contributed by atoms with van der Waals surface area (Å²) < 4.78 is 38.2. The van der Waals surface area contributed by atoms with Gasteiger partial charge in [-0.05, 0) is 31.6 Å². The van der Waals surface area contributed by atoms with E-state index in [2.05, 4.69) is 6.92 Å². The summed E-state index contributed by atoms with van der Waals surface area (Å²) in [5.41, 5.74) is -0.179. The van der Waals surface area contributed by atoms with E-state index in [1.165, 1.54) is 6.07 Å². The molecule has 1 rings (SSSR count). The van der Waals surface area contributed by atoms with Crippen LogP contribution in [0.3, 0.4) is 0 Å². The lowest BCUT2D eigenvalue weighted by Gasteiger charge is -2.19. The van der Waals surface area contributed by atoms with E-state index >= 15 is 0 Å². The molecular weight excluding hydrogens is 227 g/mol. The second kappa shape index (κ2) is 6.05. The summed E-state index contributed by atoms with van der Waals surface area (Å²) >= 11 is 0. The van der Waals surface area contributed by atoms with Crippen LogP contribution in [-0.2, 0) is 12.7 Å². The van der Waals surface area contributed by atoms with Crippen molar-refractivity contribution in [2.24, 2.45) is 0 Å². The number of unbranched alkanes of at least 4 members (excludes halogenated alkanes) is 1. The molecule has 0 N–H and O–H groups in total. The molecule has 0 aliphatic carbocycles. The van der Waals surface area contributed by atoms with Crippen LogP contribution in [0.2, 0.25) is 0 Å². The molecule has 0 heterocycles. The van der Waals surface area contributed by atoms with Gasteiger partial charge in [0, 0.05) is 6.54 Å². The lowest BCUT2D eigenvalue weighted by Crippen LogP contribution is -2.21. The molecule has 0 fully saturated rings. The molecule has 1 nitrogen and oxygen atoms in total. The van der Waals surface area contributed by atoms with Crippen LogP contribution in [0.25, 0.3) is 0 Å². The fraction of sp³-hybridized carbons (Fsp3) is 0.538. The maximum atomic E-state index is 12.7. The van der Waals surface area contributed by atoms with Gasteiger partial charge in [-0.3, -0.25) is 0 Å². The van der Waals surface area contributed by atoms with Gasteiger partial charge in [0.2, 0.25) is 0 Å². The van der Waals surface area contributed by atoms with Gasteiger partial charge in [-0.25, -0.2) is 0 Å². The molecule has 0 aliphatic rings. The second-order valence-corrected chi connectivity index (χ2v) is 4.25. The molecule has 17 heavy (non-hydrogen) atoms. The minimum atomic E-state index is -4.26. The molecule has 0 bridgehead atoms. The van der Waals surface area contributed by atoms with Crippen LogP contribution in [0, 0.1) is 0 Å². The summed E-state index contributed by atoms with van der Waals surface area (Å²) in [7, 11) is 1.85. The van der Waals surface area contributed by atoms with Gasteiger partial charge < -0.3 is 4.90 Å². The molecule has 96 valence electrons. The van der Waals surface area contributed by atoms with Gasteiger partial charge in [-0.1, -0.05) is 31.5 Å². The lowest BCUT2D eigenvalue weighted by molar-refractivity contribution is -0.138. The Hall–Kier alpha value is -1.03. The molecule has 1 aromatic carbocycles. The van der Waals surface area contributed by atoms with Crippen molar-refractivity contribution < 1.29 is 13.2 Å². The van der Waals surface area contributed by atoms with Crippen molar-refractivity contribution in [3.05, 3.63) is 35.4 Å². The summed E-state index contributed by atoms with van der Waals surface area (Å²) in [6.45, 7) is 3.23. The summed E-state index contributed by atoms with van der Waals surface area (Å²) in [4.78, 5) is 1.92. The zero-order valence-electron chi connectivity index (χ0n) is 10.2. The molecule has 0 unspecified atom stereocenters. The van der Waals surface area contributed by atoms with Crippen LogP contribution >= 0.6 is 0 Å². The van der Waals surface area contributed by atoms with Gasteiger partial charge >= 0.3 is 6.18 Å². The predicted molar refractivity (Wildman–Crippen MR) is 62.7 cm³/mol. The maximum Gasteiger partial charge on any atom is 0.416 e. The normalized spacial score (nSPS) is 12.1. The molecular formula is C13H18F3N. The van der Waals surface area contributed by atoms with Gasteiger partial charge in [0.15, 0.2) is 0 Å². The van der Waals surface area contributed by atoms with E-state index in [0.29, 0.717) is 12.1 Å². The quantitative estimate of drug-likeness (QED) is 0.759. The molecule has 0 saturated heterocycles. The Morgan fingerprint density at radius 2 is 1.82 bits per heavy atom. The van der Waals surface area contributed by atoms with Gasteiger partial charge in [0.05, 0.1) is 5.56 Å². The van der Waals surface area contributed by atoms with Crippen LogP contribution in [-0.4, -0.2) is 18.5 Å². The number of rotatable bonds is 5. The third kappa shape index (κ3) is 4.38. The molecule has 0 atom stereocenters. The predicted octanol–water partition coefficient (Wildman–Crippen LogP) is 3.94. The standard InChI is InChI=1S/C13H18F3N/c1-3-4-9-17(2)10-11-7-5-6-8-12(11)13(14,15)16/h5-8H,3-4,9-10H2,1-2H3. The van der Waals surface area contributed by atoms with Crippen molar-refractivity contribution >= 4 is 0 Å². The SMILES string of the molecule is CCCCN(C)Cc1ccccc1C(F)(F)F. The Morgan fingerprint density at radius 1 is 1.18 bits per heavy atom. The average Bonchev–Trinajstić information content (AvgIpc) is 2.25. The minimum absolute atomic E-state index is 0.343. The van der Waals surface area contributed by atoms with E-state index in [1.807, 2.05) is 11.9 Å². The van der Waals surface area contributed by atoms with Crippen molar-refractivity contribution in [1.29, 1.82) is 0 Å². The van der Waals surface area contributed by atoms with Crippen LogP contribution in [0.4, 0.5) is 13.2 Å². The third-order valence-electron chi connectivity index (χ3n) is 2.66. The summed E-state index contributed by atoms with van der Waals surface area (Å²) in [6.07, 6.45) is -2.21. The highest BCUT2D eigenvalue weighted by atomic mass is 19.4. The Kier molecular flexibility index (Phi) is 5.00. The molecule has 0 aromatic heterocycles. The summed E-state index contributed by atoms with van der Waals surface area (Å²) in [5, 5.41) is 0. The zero-order valence-corrected chi connectivity index (χ0v) is 10.2. The fourth-order valence-corrected chi connectivity index (χ4v) is 1.73. The number of nitrogens with zero attached hydrogens (tertiary/aromatic N) is 1.